The van der Waals surface area contributed by atoms with E-state index in [0.717, 1.165) is 31.9 Å². The molecular formula is C12H20N4O2. The molecule has 1 aliphatic rings. The molecule has 0 aromatic carbocycles. The van der Waals surface area contributed by atoms with Gasteiger partial charge in [0.05, 0.1) is 31.1 Å². The topological polar surface area (TPSA) is 85.9 Å². The lowest BCUT2D eigenvalue weighted by Gasteiger charge is -2.39. The number of nitrogens with zero attached hydrogens (tertiary/aromatic N) is 3. The number of aromatic nitrogens is 1. The summed E-state index contributed by atoms with van der Waals surface area (Å²) in [5.74, 6) is 0.526. The molecule has 100 valence electrons. The second kappa shape index (κ2) is 5.99. The molecule has 2 heterocycles. The van der Waals surface area contributed by atoms with Crippen LogP contribution in [0.3, 0.4) is 0 Å². The summed E-state index contributed by atoms with van der Waals surface area (Å²) in [4.78, 5) is 8.43. The number of pyridine rings is 1. The van der Waals surface area contributed by atoms with Gasteiger partial charge in [-0.25, -0.2) is 4.98 Å². The van der Waals surface area contributed by atoms with Crippen molar-refractivity contribution in [2.75, 3.05) is 50.0 Å². The number of rotatable bonds is 4. The summed E-state index contributed by atoms with van der Waals surface area (Å²) >= 11 is 0. The molecular weight excluding hydrogens is 232 g/mol. The number of piperazine rings is 1. The van der Waals surface area contributed by atoms with E-state index in [1.807, 2.05) is 6.07 Å². The standard InChI is InChI=1S/C12H20N4O2/c13-12-2-1-10(7-14-12)15-3-5-16(6-4-15)11(8-17)9-18/h1-2,7,11,17-18H,3-6,8-9H2,(H2,13,14). The zero-order valence-corrected chi connectivity index (χ0v) is 10.4. The Kier molecular flexibility index (Phi) is 4.35. The first-order valence-electron chi connectivity index (χ1n) is 6.17. The van der Waals surface area contributed by atoms with Gasteiger partial charge in [0.1, 0.15) is 5.82 Å². The van der Waals surface area contributed by atoms with E-state index in [9.17, 15) is 0 Å². The number of aliphatic hydroxyl groups is 2. The van der Waals surface area contributed by atoms with Crippen molar-refractivity contribution in [1.29, 1.82) is 0 Å². The molecule has 1 saturated heterocycles. The van der Waals surface area contributed by atoms with E-state index < -0.39 is 0 Å². The van der Waals surface area contributed by atoms with Crippen molar-refractivity contribution in [3.63, 3.8) is 0 Å². The summed E-state index contributed by atoms with van der Waals surface area (Å²) in [5, 5.41) is 18.3. The molecule has 0 aliphatic carbocycles. The smallest absolute Gasteiger partial charge is 0.123 e. The molecule has 4 N–H and O–H groups in total. The van der Waals surface area contributed by atoms with Gasteiger partial charge in [-0.2, -0.15) is 0 Å². The monoisotopic (exact) mass is 252 g/mol. The van der Waals surface area contributed by atoms with Crippen LogP contribution in [0.15, 0.2) is 18.3 Å². The fraction of sp³-hybridized carbons (Fsp3) is 0.583. The summed E-state index contributed by atoms with van der Waals surface area (Å²) in [7, 11) is 0. The van der Waals surface area contributed by atoms with Gasteiger partial charge in [0.25, 0.3) is 0 Å². The van der Waals surface area contributed by atoms with Crippen LogP contribution >= 0.6 is 0 Å². The summed E-state index contributed by atoms with van der Waals surface area (Å²) in [6.45, 7) is 3.39. The molecule has 2 rings (SSSR count). The van der Waals surface area contributed by atoms with Gasteiger partial charge in [-0.05, 0) is 12.1 Å². The number of nitrogens with two attached hydrogens (primary N) is 1. The van der Waals surface area contributed by atoms with Crippen LogP contribution in [0.1, 0.15) is 0 Å². The lowest BCUT2D eigenvalue weighted by atomic mass is 10.2. The summed E-state index contributed by atoms with van der Waals surface area (Å²) in [6, 6.07) is 3.62. The molecule has 18 heavy (non-hydrogen) atoms. The second-order valence-corrected chi connectivity index (χ2v) is 4.48. The average molecular weight is 252 g/mol. The summed E-state index contributed by atoms with van der Waals surface area (Å²) in [5.41, 5.74) is 6.62. The highest BCUT2D eigenvalue weighted by Crippen LogP contribution is 2.16. The average Bonchev–Trinajstić information content (AvgIpc) is 2.42. The third-order valence-electron chi connectivity index (χ3n) is 3.39. The minimum absolute atomic E-state index is 0.0000733. The molecule has 6 nitrogen and oxygen atoms in total. The first kappa shape index (κ1) is 13.1. The Hall–Kier alpha value is -1.37. The van der Waals surface area contributed by atoms with Crippen LogP contribution in [0.5, 0.6) is 0 Å². The van der Waals surface area contributed by atoms with Crippen LogP contribution in [0.2, 0.25) is 0 Å². The van der Waals surface area contributed by atoms with E-state index in [4.69, 9.17) is 15.9 Å². The highest BCUT2D eigenvalue weighted by Gasteiger charge is 2.22. The first-order valence-corrected chi connectivity index (χ1v) is 6.17. The van der Waals surface area contributed by atoms with E-state index in [-0.39, 0.29) is 19.3 Å². The van der Waals surface area contributed by atoms with E-state index in [0.29, 0.717) is 5.82 Å². The fourth-order valence-corrected chi connectivity index (χ4v) is 2.22. The predicted octanol–water partition coefficient (Wildman–Crippen LogP) is -0.861. The second-order valence-electron chi connectivity index (χ2n) is 4.48. The zero-order chi connectivity index (χ0) is 13.0. The Morgan fingerprint density at radius 2 is 1.83 bits per heavy atom. The van der Waals surface area contributed by atoms with Gasteiger partial charge in [-0.1, -0.05) is 0 Å². The SMILES string of the molecule is Nc1ccc(N2CCN(C(CO)CO)CC2)cn1. The van der Waals surface area contributed by atoms with Gasteiger partial charge < -0.3 is 20.8 Å². The molecule has 0 saturated carbocycles. The van der Waals surface area contributed by atoms with Gasteiger partial charge in [0.15, 0.2) is 0 Å². The number of nitrogen functional groups attached to an aromatic ring is 1. The van der Waals surface area contributed by atoms with Crippen molar-refractivity contribution >= 4 is 11.5 Å². The van der Waals surface area contributed by atoms with Gasteiger partial charge in [0, 0.05) is 26.2 Å². The van der Waals surface area contributed by atoms with Gasteiger partial charge >= 0.3 is 0 Å². The van der Waals surface area contributed by atoms with Crippen molar-refractivity contribution < 1.29 is 10.2 Å². The molecule has 0 radical (unpaired) electrons. The molecule has 1 aromatic rings. The maximum absolute atomic E-state index is 9.15. The van der Waals surface area contributed by atoms with Crippen molar-refractivity contribution in [1.82, 2.24) is 9.88 Å². The molecule has 0 unspecified atom stereocenters. The lowest BCUT2D eigenvalue weighted by Crippen LogP contribution is -2.52. The third kappa shape index (κ3) is 2.90. The molecule has 1 aliphatic heterocycles. The van der Waals surface area contributed by atoms with E-state index >= 15 is 0 Å². The molecule has 6 heteroatoms. The number of aliphatic hydroxyl groups excluding tert-OH is 2. The third-order valence-corrected chi connectivity index (χ3v) is 3.39. The number of hydrogen-bond acceptors (Lipinski definition) is 6. The van der Waals surface area contributed by atoms with Crippen LogP contribution in [-0.4, -0.2) is 65.5 Å². The molecule has 0 amide bonds. The minimum atomic E-state index is -0.142. The zero-order valence-electron chi connectivity index (χ0n) is 10.4. The van der Waals surface area contributed by atoms with Crippen LogP contribution in [0.25, 0.3) is 0 Å². The van der Waals surface area contributed by atoms with E-state index in [1.54, 1.807) is 12.3 Å². The summed E-state index contributed by atoms with van der Waals surface area (Å²) in [6.07, 6.45) is 1.78. The van der Waals surface area contributed by atoms with Gasteiger partial charge in [-0.3, -0.25) is 4.90 Å². The molecule has 0 bridgehead atoms. The Labute approximate surface area is 107 Å². The maximum atomic E-state index is 9.15. The van der Waals surface area contributed by atoms with Crippen molar-refractivity contribution in [3.8, 4) is 0 Å². The first-order chi connectivity index (χ1) is 8.74. The van der Waals surface area contributed by atoms with Crippen LogP contribution in [0, 0.1) is 0 Å². The van der Waals surface area contributed by atoms with Crippen molar-refractivity contribution in [2.24, 2.45) is 0 Å². The summed E-state index contributed by atoms with van der Waals surface area (Å²) < 4.78 is 0. The quantitative estimate of drug-likeness (QED) is 0.646. The Bertz CT molecular complexity index is 359. The molecule has 0 spiro atoms. The van der Waals surface area contributed by atoms with Crippen LogP contribution in [0.4, 0.5) is 11.5 Å². The highest BCUT2D eigenvalue weighted by molar-refractivity contribution is 5.48. The number of hydrogen-bond donors (Lipinski definition) is 3. The van der Waals surface area contributed by atoms with Crippen molar-refractivity contribution in [3.05, 3.63) is 18.3 Å². The van der Waals surface area contributed by atoms with Crippen molar-refractivity contribution in [2.45, 2.75) is 6.04 Å². The number of anilines is 2. The highest BCUT2D eigenvalue weighted by atomic mass is 16.3. The Morgan fingerprint density at radius 1 is 1.17 bits per heavy atom. The molecule has 1 fully saturated rings. The Morgan fingerprint density at radius 3 is 2.33 bits per heavy atom. The normalized spacial score (nSPS) is 17.4. The largest absolute Gasteiger partial charge is 0.395 e. The maximum Gasteiger partial charge on any atom is 0.123 e. The molecule has 1 aromatic heterocycles. The van der Waals surface area contributed by atoms with E-state index in [2.05, 4.69) is 14.8 Å². The van der Waals surface area contributed by atoms with Crippen LogP contribution in [-0.2, 0) is 0 Å². The van der Waals surface area contributed by atoms with Crippen LogP contribution < -0.4 is 10.6 Å². The molecule has 0 atom stereocenters. The predicted molar refractivity (Wildman–Crippen MR) is 70.4 cm³/mol. The van der Waals surface area contributed by atoms with Gasteiger partial charge in [0.2, 0.25) is 0 Å². The Balaban J connectivity index is 1.92. The minimum Gasteiger partial charge on any atom is -0.395 e. The lowest BCUT2D eigenvalue weighted by molar-refractivity contribution is 0.0700. The van der Waals surface area contributed by atoms with E-state index in [1.165, 1.54) is 0 Å². The fourth-order valence-electron chi connectivity index (χ4n) is 2.22. The van der Waals surface area contributed by atoms with Gasteiger partial charge in [-0.15, -0.1) is 0 Å².